The van der Waals surface area contributed by atoms with Gasteiger partial charge in [0, 0.05) is 24.2 Å². The third kappa shape index (κ3) is 13.1. The van der Waals surface area contributed by atoms with E-state index < -0.39 is 5.54 Å². The minimum absolute atomic E-state index is 0.282. The van der Waals surface area contributed by atoms with Crippen LogP contribution in [0.15, 0.2) is 24.3 Å². The van der Waals surface area contributed by atoms with Crippen LogP contribution in [-0.4, -0.2) is 47.2 Å². The summed E-state index contributed by atoms with van der Waals surface area (Å²) in [5.41, 5.74) is 0.714. The molecular weight excluding hydrogens is 546 g/mol. The molecule has 0 spiro atoms. The first-order valence-electron chi connectivity index (χ1n) is 17.9. The Labute approximate surface area is 270 Å². The number of benzene rings is 1. The fraction of sp³-hybridized carbons (Fsp3) is 0.789. The standard InChI is InChI=1S/C38H67N3O3/c1-8-9-10-11-12-13-14-15-16-17-18-19-20-21-22-23-28-39-35(43)40-38(34(42)44-7)30-36(3,4)41(37(5,6)31-38)29-33-26-24-32(2)25-27-33/h24-27H,8-23,28-31H2,1-7H3,(H2,39,40,43). The van der Waals surface area contributed by atoms with Crippen molar-refractivity contribution in [2.45, 2.75) is 180 Å². The van der Waals surface area contributed by atoms with Gasteiger partial charge in [0.2, 0.25) is 0 Å². The lowest BCUT2D eigenvalue weighted by Gasteiger charge is -2.58. The minimum Gasteiger partial charge on any atom is -0.467 e. The molecule has 0 aliphatic carbocycles. The van der Waals surface area contributed by atoms with E-state index in [4.69, 9.17) is 4.74 Å². The van der Waals surface area contributed by atoms with Gasteiger partial charge in [-0.1, -0.05) is 133 Å². The van der Waals surface area contributed by atoms with E-state index in [0.717, 1.165) is 19.4 Å². The molecule has 1 aromatic rings. The summed E-state index contributed by atoms with van der Waals surface area (Å²) < 4.78 is 5.29. The minimum atomic E-state index is -1.08. The maximum atomic E-state index is 13.3. The lowest BCUT2D eigenvalue weighted by atomic mass is 9.68. The number of nitrogens with zero attached hydrogens (tertiary/aromatic N) is 1. The van der Waals surface area contributed by atoms with E-state index in [1.54, 1.807) is 0 Å². The number of carbonyl (C=O) groups excluding carboxylic acids is 2. The van der Waals surface area contributed by atoms with Crippen molar-refractivity contribution in [3.63, 3.8) is 0 Å². The fourth-order valence-corrected chi connectivity index (χ4v) is 7.47. The Bertz CT molecular complexity index is 939. The molecule has 1 saturated heterocycles. The number of likely N-dealkylation sites (tertiary alicyclic amines) is 1. The van der Waals surface area contributed by atoms with Gasteiger partial charge in [-0.25, -0.2) is 9.59 Å². The molecule has 1 aromatic carbocycles. The Hall–Kier alpha value is -2.08. The van der Waals surface area contributed by atoms with Gasteiger partial charge in [0.05, 0.1) is 7.11 Å². The predicted octanol–water partition coefficient (Wildman–Crippen LogP) is 9.62. The molecule has 0 atom stereocenters. The third-order valence-electron chi connectivity index (χ3n) is 9.64. The average molecular weight is 614 g/mol. The first-order valence-corrected chi connectivity index (χ1v) is 17.9. The van der Waals surface area contributed by atoms with Crippen LogP contribution in [0.1, 0.15) is 161 Å². The van der Waals surface area contributed by atoms with Gasteiger partial charge in [0.15, 0.2) is 0 Å². The molecular formula is C38H67N3O3. The highest BCUT2D eigenvalue weighted by Crippen LogP contribution is 2.45. The van der Waals surface area contributed by atoms with Crippen molar-refractivity contribution in [2.75, 3.05) is 13.7 Å². The van der Waals surface area contributed by atoms with Crippen molar-refractivity contribution < 1.29 is 14.3 Å². The zero-order chi connectivity index (χ0) is 32.5. The van der Waals surface area contributed by atoms with Crippen molar-refractivity contribution in [1.82, 2.24) is 15.5 Å². The largest absolute Gasteiger partial charge is 0.467 e. The van der Waals surface area contributed by atoms with Crippen LogP contribution >= 0.6 is 0 Å². The number of urea groups is 1. The van der Waals surface area contributed by atoms with Crippen molar-refractivity contribution in [1.29, 1.82) is 0 Å². The number of carbonyl (C=O) groups is 2. The highest BCUT2D eigenvalue weighted by molar-refractivity contribution is 5.88. The number of piperidine rings is 1. The van der Waals surface area contributed by atoms with Gasteiger partial charge >= 0.3 is 12.0 Å². The van der Waals surface area contributed by atoms with Crippen LogP contribution in [0.4, 0.5) is 4.79 Å². The normalized spacial score (nSPS) is 17.2. The van der Waals surface area contributed by atoms with Gasteiger partial charge < -0.3 is 15.4 Å². The zero-order valence-corrected chi connectivity index (χ0v) is 29.6. The lowest BCUT2D eigenvalue weighted by molar-refractivity contribution is -0.159. The summed E-state index contributed by atoms with van der Waals surface area (Å²) in [6.45, 7) is 14.4. The summed E-state index contributed by atoms with van der Waals surface area (Å²) in [4.78, 5) is 28.8. The Balaban J connectivity index is 1.69. The van der Waals surface area contributed by atoms with Crippen LogP contribution < -0.4 is 10.6 Å². The van der Waals surface area contributed by atoms with Crippen LogP contribution in [0.25, 0.3) is 0 Å². The molecule has 0 saturated carbocycles. The van der Waals surface area contributed by atoms with Crippen molar-refractivity contribution in [3.8, 4) is 0 Å². The molecule has 2 rings (SSSR count). The Kier molecular flexibility index (Phi) is 16.8. The van der Waals surface area contributed by atoms with Crippen molar-refractivity contribution in [3.05, 3.63) is 35.4 Å². The Morgan fingerprint density at radius 2 is 1.16 bits per heavy atom. The van der Waals surface area contributed by atoms with Crippen molar-refractivity contribution >= 4 is 12.0 Å². The topological polar surface area (TPSA) is 70.7 Å². The summed E-state index contributed by atoms with van der Waals surface area (Å²) in [6, 6.07) is 8.35. The second-order valence-corrected chi connectivity index (χ2v) is 14.8. The first kappa shape index (κ1) is 38.1. The van der Waals surface area contributed by atoms with E-state index in [0.29, 0.717) is 19.4 Å². The molecule has 1 aliphatic heterocycles. The molecule has 0 aromatic heterocycles. The summed E-state index contributed by atoms with van der Waals surface area (Å²) in [5, 5.41) is 6.11. The smallest absolute Gasteiger partial charge is 0.331 e. The van der Waals surface area contributed by atoms with Crippen molar-refractivity contribution in [2.24, 2.45) is 0 Å². The molecule has 0 unspecified atom stereocenters. The monoisotopic (exact) mass is 614 g/mol. The maximum Gasteiger partial charge on any atom is 0.331 e. The second-order valence-electron chi connectivity index (χ2n) is 14.8. The van der Waals surface area contributed by atoms with E-state index >= 15 is 0 Å². The number of rotatable bonds is 21. The van der Waals surface area contributed by atoms with Gasteiger partial charge in [-0.3, -0.25) is 4.90 Å². The third-order valence-corrected chi connectivity index (χ3v) is 9.64. The summed E-state index contributed by atoms with van der Waals surface area (Å²) >= 11 is 0. The van der Waals surface area contributed by atoms with Gasteiger partial charge in [0.1, 0.15) is 5.54 Å². The Morgan fingerprint density at radius 1 is 0.727 bits per heavy atom. The quantitative estimate of drug-likeness (QED) is 0.107. The fourth-order valence-electron chi connectivity index (χ4n) is 7.47. The van der Waals surface area contributed by atoms with Crippen LogP contribution in [0.2, 0.25) is 0 Å². The number of hydrogen-bond acceptors (Lipinski definition) is 4. The molecule has 44 heavy (non-hydrogen) atoms. The van der Waals surface area contributed by atoms with E-state index in [9.17, 15) is 9.59 Å². The van der Waals surface area contributed by atoms with E-state index in [2.05, 4.69) is 81.3 Å². The van der Waals surface area contributed by atoms with Crippen LogP contribution in [0.3, 0.4) is 0 Å². The molecule has 6 nitrogen and oxygen atoms in total. The summed E-state index contributed by atoms with van der Waals surface area (Å²) in [6.07, 6.45) is 22.2. The number of amides is 2. The molecule has 2 amide bonds. The van der Waals surface area contributed by atoms with Gasteiger partial charge in [-0.2, -0.15) is 0 Å². The van der Waals surface area contributed by atoms with Gasteiger partial charge in [-0.15, -0.1) is 0 Å². The molecule has 0 bridgehead atoms. The SMILES string of the molecule is CCCCCCCCCCCCCCCCCCNC(=O)NC1(C(=O)OC)CC(C)(C)N(Cc2ccc(C)cc2)C(C)(C)C1. The number of esters is 1. The molecule has 6 heteroatoms. The molecule has 1 heterocycles. The summed E-state index contributed by atoms with van der Waals surface area (Å²) in [7, 11) is 1.42. The molecule has 1 fully saturated rings. The van der Waals surface area contributed by atoms with E-state index in [-0.39, 0.29) is 23.1 Å². The van der Waals surface area contributed by atoms with Gasteiger partial charge in [0.25, 0.3) is 0 Å². The average Bonchev–Trinajstić information content (AvgIpc) is 2.96. The molecule has 2 N–H and O–H groups in total. The molecule has 1 aliphatic rings. The highest BCUT2D eigenvalue weighted by atomic mass is 16.5. The number of methoxy groups -OCH3 is 1. The maximum absolute atomic E-state index is 13.3. The first-order chi connectivity index (χ1) is 21.0. The van der Waals surface area contributed by atoms with Crippen LogP contribution in [0.5, 0.6) is 0 Å². The number of aryl methyl sites for hydroxylation is 1. The van der Waals surface area contributed by atoms with E-state index in [1.165, 1.54) is 108 Å². The molecule has 252 valence electrons. The summed E-state index contributed by atoms with van der Waals surface area (Å²) in [5.74, 6) is -0.369. The highest BCUT2D eigenvalue weighted by Gasteiger charge is 2.57. The Morgan fingerprint density at radius 3 is 1.59 bits per heavy atom. The van der Waals surface area contributed by atoms with Crippen LogP contribution in [0, 0.1) is 6.92 Å². The number of hydrogen-bond donors (Lipinski definition) is 2. The number of ether oxygens (including phenoxy) is 1. The zero-order valence-electron chi connectivity index (χ0n) is 29.6. The molecule has 0 radical (unpaired) electrons. The predicted molar refractivity (Wildman–Crippen MR) is 185 cm³/mol. The number of nitrogens with one attached hydrogen (secondary N) is 2. The number of unbranched alkanes of at least 4 members (excludes halogenated alkanes) is 15. The lowest BCUT2D eigenvalue weighted by Crippen LogP contribution is -2.72. The van der Waals surface area contributed by atoms with Gasteiger partial charge in [-0.05, 0) is 59.4 Å². The van der Waals surface area contributed by atoms with E-state index in [1.807, 2.05) is 0 Å². The second kappa shape index (κ2) is 19.4. The van der Waals surface area contributed by atoms with Crippen LogP contribution in [-0.2, 0) is 16.1 Å².